The lowest BCUT2D eigenvalue weighted by atomic mass is 10.2. The molecule has 25 heavy (non-hydrogen) atoms. The lowest BCUT2D eigenvalue weighted by Crippen LogP contribution is -2.16. The quantitative estimate of drug-likeness (QED) is 0.671. The van der Waals surface area contributed by atoms with Crippen LogP contribution in [0, 0.1) is 0 Å². The molecule has 0 saturated heterocycles. The van der Waals surface area contributed by atoms with E-state index in [1.807, 2.05) is 33.2 Å². The van der Waals surface area contributed by atoms with Gasteiger partial charge in [0.05, 0.1) is 5.25 Å². The lowest BCUT2D eigenvalue weighted by molar-refractivity contribution is 0.465. The fraction of sp³-hybridized carbons (Fsp3) is 0.267. The van der Waals surface area contributed by atoms with Crippen molar-refractivity contribution in [2.24, 2.45) is 0 Å². The molecular formula is C15H16ClN7OS. The van der Waals surface area contributed by atoms with Gasteiger partial charge in [0.1, 0.15) is 5.82 Å². The van der Waals surface area contributed by atoms with E-state index in [2.05, 4.69) is 25.1 Å². The molecule has 1 aromatic carbocycles. The maximum Gasteiger partial charge on any atom is 0.277 e. The minimum atomic E-state index is -0.137. The van der Waals surface area contributed by atoms with Gasteiger partial charge in [-0.15, -0.1) is 10.2 Å². The summed E-state index contributed by atoms with van der Waals surface area (Å²) in [6, 6.07) is 7.19. The predicted molar refractivity (Wildman–Crippen MR) is 97.6 cm³/mol. The molecule has 0 fully saturated rings. The number of aromatic nitrogens is 5. The molecule has 0 aliphatic heterocycles. The van der Waals surface area contributed by atoms with E-state index in [0.29, 0.717) is 27.9 Å². The monoisotopic (exact) mass is 377 g/mol. The molecule has 3 rings (SSSR count). The summed E-state index contributed by atoms with van der Waals surface area (Å²) in [4.78, 5) is 14.4. The van der Waals surface area contributed by atoms with Crippen LogP contribution < -0.4 is 10.6 Å². The number of hydrogen-bond donors (Lipinski definition) is 1. The van der Waals surface area contributed by atoms with Gasteiger partial charge in [-0.05, 0) is 31.2 Å². The van der Waals surface area contributed by atoms with Crippen LogP contribution in [0.1, 0.15) is 18.0 Å². The number of nitrogen functional groups attached to an aromatic ring is 1. The number of nitrogens with zero attached hydrogens (tertiary/aromatic N) is 6. The normalized spacial score (nSPS) is 12.2. The first-order chi connectivity index (χ1) is 11.9. The lowest BCUT2D eigenvalue weighted by Gasteiger charge is -2.13. The fourth-order valence-electron chi connectivity index (χ4n) is 1.95. The van der Waals surface area contributed by atoms with Crippen molar-refractivity contribution in [1.82, 2.24) is 25.1 Å². The summed E-state index contributed by atoms with van der Waals surface area (Å²) in [5.74, 6) is 1.65. The summed E-state index contributed by atoms with van der Waals surface area (Å²) in [5, 5.41) is 9.05. The molecule has 130 valence electrons. The van der Waals surface area contributed by atoms with Gasteiger partial charge in [0.15, 0.2) is 0 Å². The average molecular weight is 378 g/mol. The van der Waals surface area contributed by atoms with Crippen LogP contribution in [0.15, 0.2) is 33.9 Å². The number of rotatable bonds is 5. The van der Waals surface area contributed by atoms with Crippen LogP contribution in [0.25, 0.3) is 11.5 Å². The number of benzene rings is 1. The number of hydrogen-bond acceptors (Lipinski definition) is 9. The highest BCUT2D eigenvalue weighted by Gasteiger charge is 2.18. The van der Waals surface area contributed by atoms with Crippen LogP contribution in [0.4, 0.5) is 11.9 Å². The van der Waals surface area contributed by atoms with Gasteiger partial charge in [-0.25, -0.2) is 0 Å². The van der Waals surface area contributed by atoms with Gasteiger partial charge in [0, 0.05) is 24.7 Å². The van der Waals surface area contributed by atoms with E-state index < -0.39 is 0 Å². The zero-order valence-electron chi connectivity index (χ0n) is 13.8. The number of anilines is 2. The van der Waals surface area contributed by atoms with E-state index in [4.69, 9.17) is 21.8 Å². The second-order valence-corrected chi connectivity index (χ2v) is 7.11. The maximum absolute atomic E-state index is 5.89. The first-order valence-corrected chi connectivity index (χ1v) is 8.63. The average Bonchev–Trinajstić information content (AvgIpc) is 3.03. The third-order valence-electron chi connectivity index (χ3n) is 3.20. The molecule has 0 radical (unpaired) electrons. The van der Waals surface area contributed by atoms with E-state index >= 15 is 0 Å². The molecule has 0 spiro atoms. The zero-order chi connectivity index (χ0) is 18.0. The zero-order valence-corrected chi connectivity index (χ0v) is 15.4. The molecule has 8 nitrogen and oxygen atoms in total. The Morgan fingerprint density at radius 3 is 2.52 bits per heavy atom. The van der Waals surface area contributed by atoms with Gasteiger partial charge in [0.2, 0.25) is 17.8 Å². The Labute approximate surface area is 153 Å². The van der Waals surface area contributed by atoms with Crippen molar-refractivity contribution < 1.29 is 4.42 Å². The van der Waals surface area contributed by atoms with E-state index in [-0.39, 0.29) is 11.2 Å². The minimum Gasteiger partial charge on any atom is -0.411 e. The van der Waals surface area contributed by atoms with Crippen LogP contribution in [0.2, 0.25) is 5.02 Å². The maximum atomic E-state index is 5.89. The summed E-state index contributed by atoms with van der Waals surface area (Å²) >= 11 is 7.24. The molecule has 0 aliphatic carbocycles. The van der Waals surface area contributed by atoms with Crippen molar-refractivity contribution in [3.8, 4) is 11.5 Å². The highest BCUT2D eigenvalue weighted by atomic mass is 35.5. The topological polar surface area (TPSA) is 107 Å². The SMILES string of the molecule is CC(Sc1nnc(-c2ccc(Cl)cc2)o1)c1nc(N)nc(N(C)C)n1. The number of halogens is 1. The third-order valence-corrected chi connectivity index (χ3v) is 4.38. The first-order valence-electron chi connectivity index (χ1n) is 7.37. The molecule has 3 aromatic rings. The molecule has 0 bridgehead atoms. The second-order valence-electron chi connectivity index (χ2n) is 5.39. The summed E-state index contributed by atoms with van der Waals surface area (Å²) < 4.78 is 5.69. The summed E-state index contributed by atoms with van der Waals surface area (Å²) in [5.41, 5.74) is 6.56. The summed E-state index contributed by atoms with van der Waals surface area (Å²) in [6.45, 7) is 1.94. The first kappa shape index (κ1) is 17.4. The summed E-state index contributed by atoms with van der Waals surface area (Å²) in [6.07, 6.45) is 0. The van der Waals surface area contributed by atoms with Crippen LogP contribution >= 0.6 is 23.4 Å². The van der Waals surface area contributed by atoms with Crippen molar-refractivity contribution >= 4 is 35.3 Å². The smallest absolute Gasteiger partial charge is 0.277 e. The van der Waals surface area contributed by atoms with Crippen LogP contribution in [0.3, 0.4) is 0 Å². The third kappa shape index (κ3) is 4.18. The number of nitrogens with two attached hydrogens (primary N) is 1. The molecule has 10 heteroatoms. The Morgan fingerprint density at radius 1 is 1.12 bits per heavy atom. The van der Waals surface area contributed by atoms with Gasteiger partial charge in [-0.2, -0.15) is 15.0 Å². The molecule has 2 aromatic heterocycles. The van der Waals surface area contributed by atoms with Crippen LogP contribution in [0.5, 0.6) is 0 Å². The Balaban J connectivity index is 1.77. The van der Waals surface area contributed by atoms with E-state index in [1.54, 1.807) is 17.0 Å². The Hall–Kier alpha value is -2.39. The highest BCUT2D eigenvalue weighted by Crippen LogP contribution is 2.34. The second kappa shape index (κ2) is 7.24. The van der Waals surface area contributed by atoms with Crippen LogP contribution in [-0.4, -0.2) is 39.2 Å². The molecule has 2 heterocycles. The van der Waals surface area contributed by atoms with Gasteiger partial charge in [-0.1, -0.05) is 23.4 Å². The Morgan fingerprint density at radius 2 is 1.84 bits per heavy atom. The molecule has 0 saturated carbocycles. The largest absolute Gasteiger partial charge is 0.411 e. The molecule has 2 N–H and O–H groups in total. The van der Waals surface area contributed by atoms with Crippen molar-refractivity contribution in [2.75, 3.05) is 24.7 Å². The predicted octanol–water partition coefficient (Wildman–Crippen LogP) is 3.08. The van der Waals surface area contributed by atoms with E-state index in [0.717, 1.165) is 5.56 Å². The van der Waals surface area contributed by atoms with Crippen molar-refractivity contribution in [3.05, 3.63) is 35.1 Å². The fourth-order valence-corrected chi connectivity index (χ4v) is 2.80. The summed E-state index contributed by atoms with van der Waals surface area (Å²) in [7, 11) is 3.68. The highest BCUT2D eigenvalue weighted by molar-refractivity contribution is 7.99. The van der Waals surface area contributed by atoms with Crippen LogP contribution in [-0.2, 0) is 0 Å². The molecule has 1 atom stereocenters. The van der Waals surface area contributed by atoms with E-state index in [9.17, 15) is 0 Å². The van der Waals surface area contributed by atoms with Gasteiger partial charge in [-0.3, -0.25) is 0 Å². The molecular weight excluding hydrogens is 362 g/mol. The Kier molecular flexibility index (Phi) is 5.05. The molecule has 1 unspecified atom stereocenters. The molecule has 0 amide bonds. The van der Waals surface area contributed by atoms with Gasteiger partial charge < -0.3 is 15.1 Å². The van der Waals surface area contributed by atoms with E-state index in [1.165, 1.54) is 11.8 Å². The van der Waals surface area contributed by atoms with Gasteiger partial charge in [0.25, 0.3) is 5.22 Å². The van der Waals surface area contributed by atoms with Gasteiger partial charge >= 0.3 is 0 Å². The molecule has 0 aliphatic rings. The van der Waals surface area contributed by atoms with Crippen molar-refractivity contribution in [3.63, 3.8) is 0 Å². The van der Waals surface area contributed by atoms with Crippen molar-refractivity contribution in [2.45, 2.75) is 17.4 Å². The minimum absolute atomic E-state index is 0.137. The number of thioether (sulfide) groups is 1. The Bertz CT molecular complexity index is 869. The standard InChI is InChI=1S/C15H16ClN7OS/c1-8(11-18-13(17)20-14(19-11)23(2)3)25-15-22-21-12(24-15)9-4-6-10(16)7-5-9/h4-8H,1-3H3,(H2,17,18,19,20). The van der Waals surface area contributed by atoms with Crippen molar-refractivity contribution in [1.29, 1.82) is 0 Å².